The number of rotatable bonds is 8. The lowest BCUT2D eigenvalue weighted by Gasteiger charge is -2.32. The summed E-state index contributed by atoms with van der Waals surface area (Å²) in [5.74, 6) is -8.57. The summed E-state index contributed by atoms with van der Waals surface area (Å²) in [5.41, 5.74) is -4.15. The van der Waals surface area contributed by atoms with Gasteiger partial charge >= 0.3 is 18.1 Å². The number of non-ortho nitro benzene ring substituents is 1. The Kier molecular flexibility index (Phi) is 7.64. The minimum Gasteiger partial charge on any atom is -0.491 e. The van der Waals surface area contributed by atoms with E-state index in [1.165, 1.54) is 12.1 Å². The maximum atomic E-state index is 14.0. The number of methoxy groups -OCH3 is 1. The third kappa shape index (κ3) is 5.25. The van der Waals surface area contributed by atoms with Crippen molar-refractivity contribution in [1.29, 1.82) is 0 Å². The highest BCUT2D eigenvalue weighted by atomic mass is 19.4. The number of nitro benzene ring substituents is 1. The number of nitro groups is 1. The summed E-state index contributed by atoms with van der Waals surface area (Å²) in [6, 6.07) is 8.86. The number of hydrogen-bond acceptors (Lipinski definition) is 9. The maximum absolute atomic E-state index is 14.0. The van der Waals surface area contributed by atoms with Crippen LogP contribution >= 0.6 is 0 Å². The summed E-state index contributed by atoms with van der Waals surface area (Å²) >= 11 is 0. The molecule has 2 unspecified atom stereocenters. The second kappa shape index (κ2) is 10.8. The van der Waals surface area contributed by atoms with E-state index in [1.807, 2.05) is 0 Å². The zero-order valence-electron chi connectivity index (χ0n) is 21.3. The average molecular weight is 575 g/mol. The monoisotopic (exact) mass is 575 g/mol. The topological polar surface area (TPSA) is 166 Å². The predicted molar refractivity (Wildman–Crippen MR) is 132 cm³/mol. The molecule has 0 spiro atoms. The number of aliphatic carboxylic acids is 1. The molecule has 2 atom stereocenters. The minimum absolute atomic E-state index is 0.169. The largest absolute Gasteiger partial charge is 0.491 e. The van der Waals surface area contributed by atoms with Gasteiger partial charge in [-0.2, -0.15) is 13.2 Å². The zero-order valence-corrected chi connectivity index (χ0v) is 21.3. The summed E-state index contributed by atoms with van der Waals surface area (Å²) in [7, 11) is 0.786. The van der Waals surface area contributed by atoms with Crippen molar-refractivity contribution in [3.05, 3.63) is 80.5 Å². The van der Waals surface area contributed by atoms with Crippen LogP contribution in [0.15, 0.2) is 58.7 Å². The van der Waals surface area contributed by atoms with E-state index in [9.17, 15) is 47.6 Å². The van der Waals surface area contributed by atoms with Crippen LogP contribution in [0.2, 0.25) is 0 Å². The maximum Gasteiger partial charge on any atom is 0.433 e. The molecule has 15 heteroatoms. The second-order valence-electron chi connectivity index (χ2n) is 8.93. The van der Waals surface area contributed by atoms with Crippen molar-refractivity contribution >= 4 is 35.2 Å². The molecule has 214 valence electrons. The molecule has 0 saturated heterocycles. The van der Waals surface area contributed by atoms with Gasteiger partial charge in [0.25, 0.3) is 17.5 Å². The molecule has 0 fully saturated rings. The summed E-state index contributed by atoms with van der Waals surface area (Å²) in [6.45, 7) is 0.284. The van der Waals surface area contributed by atoms with Crippen molar-refractivity contribution in [2.75, 3.05) is 20.3 Å². The molecular weight excluding hydrogens is 555 g/mol. The third-order valence-electron chi connectivity index (χ3n) is 6.57. The first kappa shape index (κ1) is 28.9. The van der Waals surface area contributed by atoms with E-state index in [0.717, 1.165) is 37.1 Å². The lowest BCUT2D eigenvalue weighted by molar-refractivity contribution is -0.385. The van der Waals surface area contributed by atoms with Crippen LogP contribution in [0.25, 0.3) is 0 Å². The average Bonchev–Trinajstić information content (AvgIpc) is 3.16. The second-order valence-corrected chi connectivity index (χ2v) is 8.93. The molecule has 2 aliphatic rings. The first-order chi connectivity index (χ1) is 19.3. The molecule has 0 bridgehead atoms. The van der Waals surface area contributed by atoms with Crippen molar-refractivity contribution < 1.29 is 51.9 Å². The van der Waals surface area contributed by atoms with Crippen molar-refractivity contribution in [2.24, 2.45) is 10.9 Å². The number of esters is 1. The number of carboxylic acids is 1. The standard InChI is InChI=1S/C26H20F3N3O9/c1-12-18(24(35)36)19(20(25(37)40-2)21(30-12)26(27,28)29)16-11-13(32(38)39)7-8-17(16)41-10-9-31-22(33)14-5-3-4-6-15(14)23(31)34/h3-8,11,18-19H,9-10H2,1-2H3,(H,35,36). The lowest BCUT2D eigenvalue weighted by Crippen LogP contribution is -2.38. The number of halogens is 3. The summed E-state index contributed by atoms with van der Waals surface area (Å²) in [6.07, 6.45) is -5.22. The van der Waals surface area contributed by atoms with E-state index in [2.05, 4.69) is 9.73 Å². The molecule has 4 rings (SSSR count). The van der Waals surface area contributed by atoms with E-state index < -0.39 is 81.5 Å². The number of aliphatic imine (C=N–C) groups is 1. The van der Waals surface area contributed by atoms with Crippen LogP contribution in [0.3, 0.4) is 0 Å². The number of imide groups is 1. The van der Waals surface area contributed by atoms with E-state index in [1.54, 1.807) is 12.1 Å². The zero-order chi connectivity index (χ0) is 30.2. The molecule has 1 N–H and O–H groups in total. The van der Waals surface area contributed by atoms with Gasteiger partial charge in [-0.05, 0) is 25.1 Å². The van der Waals surface area contributed by atoms with E-state index in [0.29, 0.717) is 0 Å². The number of fused-ring (bicyclic) bond motifs is 1. The van der Waals surface area contributed by atoms with E-state index in [4.69, 9.17) is 4.74 Å². The SMILES string of the molecule is COC(=O)C1=C(C(F)(F)F)N=C(C)C(C(=O)O)C1c1cc([N+](=O)[O-])ccc1OCCN1C(=O)c2ccccc2C1=O. The van der Waals surface area contributed by atoms with Gasteiger partial charge in [-0.25, -0.2) is 4.79 Å². The first-order valence-corrected chi connectivity index (χ1v) is 11.8. The molecule has 0 radical (unpaired) electrons. The van der Waals surface area contributed by atoms with Crippen LogP contribution in [0.1, 0.15) is 39.1 Å². The number of amides is 2. The molecule has 0 aromatic heterocycles. The van der Waals surface area contributed by atoms with Crippen molar-refractivity contribution in [2.45, 2.75) is 19.0 Å². The fourth-order valence-corrected chi connectivity index (χ4v) is 4.78. The number of allylic oxidation sites excluding steroid dienone is 1. The Morgan fingerprint density at radius 3 is 2.24 bits per heavy atom. The molecule has 0 aliphatic carbocycles. The smallest absolute Gasteiger partial charge is 0.433 e. The molecule has 2 amide bonds. The number of hydrogen-bond donors (Lipinski definition) is 1. The quantitative estimate of drug-likeness (QED) is 0.214. The molecule has 2 aromatic carbocycles. The predicted octanol–water partition coefficient (Wildman–Crippen LogP) is 3.52. The fourth-order valence-electron chi connectivity index (χ4n) is 4.78. The Hall–Kier alpha value is -5.08. The third-order valence-corrected chi connectivity index (χ3v) is 6.57. The number of carbonyl (C=O) groups excluding carboxylic acids is 3. The molecule has 41 heavy (non-hydrogen) atoms. The summed E-state index contributed by atoms with van der Waals surface area (Å²) in [5, 5.41) is 21.5. The molecule has 2 aromatic rings. The van der Waals surface area contributed by atoms with Gasteiger partial charge in [-0.1, -0.05) is 12.1 Å². The van der Waals surface area contributed by atoms with Crippen LogP contribution in [0, 0.1) is 16.0 Å². The van der Waals surface area contributed by atoms with Gasteiger partial charge in [0.1, 0.15) is 18.3 Å². The fraction of sp³-hybridized carbons (Fsp3) is 0.269. The van der Waals surface area contributed by atoms with Gasteiger partial charge in [0.05, 0.1) is 35.3 Å². The molecule has 2 heterocycles. The van der Waals surface area contributed by atoms with Gasteiger partial charge in [0, 0.05) is 29.3 Å². The minimum atomic E-state index is -5.22. The normalized spacial score (nSPS) is 18.7. The number of carbonyl (C=O) groups is 4. The molecule has 0 saturated carbocycles. The van der Waals surface area contributed by atoms with Gasteiger partial charge in [0.2, 0.25) is 0 Å². The van der Waals surface area contributed by atoms with Crippen molar-refractivity contribution in [3.8, 4) is 5.75 Å². The summed E-state index contributed by atoms with van der Waals surface area (Å²) in [4.78, 5) is 65.2. The summed E-state index contributed by atoms with van der Waals surface area (Å²) < 4.78 is 52.3. The van der Waals surface area contributed by atoms with Gasteiger partial charge < -0.3 is 14.6 Å². The lowest BCUT2D eigenvalue weighted by atomic mass is 9.75. The number of nitrogens with zero attached hydrogens (tertiary/aromatic N) is 3. The van der Waals surface area contributed by atoms with E-state index in [-0.39, 0.29) is 23.4 Å². The van der Waals surface area contributed by atoms with Gasteiger partial charge in [0.15, 0.2) is 5.70 Å². The van der Waals surface area contributed by atoms with Gasteiger partial charge in [-0.3, -0.25) is 34.4 Å². The van der Waals surface area contributed by atoms with Crippen LogP contribution in [0.5, 0.6) is 5.75 Å². The number of benzene rings is 2. The van der Waals surface area contributed by atoms with Crippen LogP contribution in [0.4, 0.5) is 18.9 Å². The van der Waals surface area contributed by atoms with E-state index >= 15 is 0 Å². The molecular formula is C26H20F3N3O9. The highest BCUT2D eigenvalue weighted by molar-refractivity contribution is 6.21. The Morgan fingerprint density at radius 1 is 1.12 bits per heavy atom. The highest BCUT2D eigenvalue weighted by Gasteiger charge is 2.50. The van der Waals surface area contributed by atoms with Crippen LogP contribution < -0.4 is 4.74 Å². The van der Waals surface area contributed by atoms with Gasteiger partial charge in [-0.15, -0.1) is 0 Å². The number of ether oxygens (including phenoxy) is 2. The Bertz CT molecular complexity index is 1510. The number of carboxylic acid groups (broad SMARTS) is 1. The molecule has 12 nitrogen and oxygen atoms in total. The highest BCUT2D eigenvalue weighted by Crippen LogP contribution is 2.47. The number of alkyl halides is 3. The van der Waals surface area contributed by atoms with Crippen LogP contribution in [-0.2, 0) is 14.3 Å². The van der Waals surface area contributed by atoms with Crippen LogP contribution in [-0.4, -0.2) is 70.8 Å². The Labute approximate surface area is 228 Å². The Morgan fingerprint density at radius 2 is 1.73 bits per heavy atom. The Balaban J connectivity index is 1.78. The first-order valence-electron chi connectivity index (χ1n) is 11.8. The van der Waals surface area contributed by atoms with Crippen molar-refractivity contribution in [1.82, 2.24) is 4.90 Å². The molecule has 2 aliphatic heterocycles. The van der Waals surface area contributed by atoms with Crippen molar-refractivity contribution in [3.63, 3.8) is 0 Å².